The van der Waals surface area contributed by atoms with Crippen molar-refractivity contribution in [3.8, 4) is 0 Å². The van der Waals surface area contributed by atoms with E-state index in [4.69, 9.17) is 0 Å². The monoisotopic (exact) mass is 368 g/mol. The number of carbonyl (C=O) groups is 1. The van der Waals surface area contributed by atoms with Crippen molar-refractivity contribution in [2.75, 3.05) is 32.0 Å². The van der Waals surface area contributed by atoms with Crippen molar-refractivity contribution in [1.29, 1.82) is 0 Å². The number of aromatic nitrogens is 1. The van der Waals surface area contributed by atoms with Gasteiger partial charge in [0.25, 0.3) is 0 Å². The van der Waals surface area contributed by atoms with Crippen LogP contribution >= 0.6 is 36.2 Å². The molecule has 0 aliphatic carbocycles. The van der Waals surface area contributed by atoms with Gasteiger partial charge in [0, 0.05) is 18.3 Å². The maximum Gasteiger partial charge on any atom is 0.226 e. The van der Waals surface area contributed by atoms with E-state index in [0.29, 0.717) is 6.42 Å². The van der Waals surface area contributed by atoms with E-state index in [1.807, 2.05) is 7.05 Å². The van der Waals surface area contributed by atoms with E-state index < -0.39 is 0 Å². The number of carbonyl (C=O) groups excluding carboxylic acids is 1. The smallest absolute Gasteiger partial charge is 0.226 e. The second-order valence-electron chi connectivity index (χ2n) is 5.24. The maximum atomic E-state index is 11.7. The Morgan fingerprint density at radius 1 is 1.32 bits per heavy atom. The fraction of sp³-hybridized carbons (Fsp3) is 0.714. The second kappa shape index (κ2) is 12.1. The van der Waals surface area contributed by atoms with Crippen molar-refractivity contribution in [2.45, 2.75) is 38.6 Å². The van der Waals surface area contributed by atoms with Gasteiger partial charge in [0.1, 0.15) is 0 Å². The normalized spacial score (nSPS) is 14.8. The number of hydrogen-bond acceptors (Lipinski definition) is 5. The van der Waals surface area contributed by atoms with Gasteiger partial charge < -0.3 is 10.6 Å². The molecule has 1 aliphatic rings. The minimum Gasteiger partial charge on any atom is -0.320 e. The SMILES string of the molecule is CNCCCC(=O)Nc1nc(CN2CCCCC2)cs1.Cl.Cl. The largest absolute Gasteiger partial charge is 0.320 e. The van der Waals surface area contributed by atoms with Crippen molar-refractivity contribution < 1.29 is 4.79 Å². The number of anilines is 1. The predicted molar refractivity (Wildman–Crippen MR) is 97.5 cm³/mol. The van der Waals surface area contributed by atoms with Crippen molar-refractivity contribution in [3.63, 3.8) is 0 Å². The number of piperidine rings is 1. The fourth-order valence-corrected chi connectivity index (χ4v) is 3.11. The highest BCUT2D eigenvalue weighted by Crippen LogP contribution is 2.19. The molecule has 2 N–H and O–H groups in total. The molecule has 22 heavy (non-hydrogen) atoms. The zero-order chi connectivity index (χ0) is 14.2. The molecule has 2 heterocycles. The average Bonchev–Trinajstić information content (AvgIpc) is 2.87. The van der Waals surface area contributed by atoms with Crippen LogP contribution in [0.5, 0.6) is 0 Å². The van der Waals surface area contributed by atoms with Crippen LogP contribution in [0.4, 0.5) is 5.13 Å². The summed E-state index contributed by atoms with van der Waals surface area (Å²) in [5.74, 6) is 0.0547. The van der Waals surface area contributed by atoms with Gasteiger partial charge >= 0.3 is 0 Å². The summed E-state index contributed by atoms with van der Waals surface area (Å²) in [6, 6.07) is 0. The number of halogens is 2. The minimum absolute atomic E-state index is 0. The van der Waals surface area contributed by atoms with Crippen LogP contribution in [0.2, 0.25) is 0 Å². The fourth-order valence-electron chi connectivity index (χ4n) is 2.39. The van der Waals surface area contributed by atoms with E-state index in [0.717, 1.165) is 30.3 Å². The van der Waals surface area contributed by atoms with Gasteiger partial charge in [-0.25, -0.2) is 4.98 Å². The molecular weight excluding hydrogens is 343 g/mol. The highest BCUT2D eigenvalue weighted by atomic mass is 35.5. The Morgan fingerprint density at radius 2 is 2.05 bits per heavy atom. The minimum atomic E-state index is 0. The molecule has 0 bridgehead atoms. The van der Waals surface area contributed by atoms with E-state index in [-0.39, 0.29) is 30.7 Å². The molecule has 0 spiro atoms. The van der Waals surface area contributed by atoms with Gasteiger partial charge in [0.2, 0.25) is 5.91 Å². The van der Waals surface area contributed by atoms with Crippen LogP contribution in [0.25, 0.3) is 0 Å². The number of thiazole rings is 1. The molecule has 1 aromatic heterocycles. The first-order valence-electron chi connectivity index (χ1n) is 7.39. The summed E-state index contributed by atoms with van der Waals surface area (Å²) in [5.41, 5.74) is 1.07. The summed E-state index contributed by atoms with van der Waals surface area (Å²) in [5, 5.41) is 8.70. The third kappa shape index (κ3) is 7.74. The van der Waals surface area contributed by atoms with Gasteiger partial charge in [-0.05, 0) is 45.9 Å². The number of nitrogens with zero attached hydrogens (tertiary/aromatic N) is 2. The zero-order valence-electron chi connectivity index (χ0n) is 13.0. The summed E-state index contributed by atoms with van der Waals surface area (Å²) >= 11 is 1.52. The molecule has 1 aromatic rings. The Bertz CT molecular complexity index is 425. The molecule has 0 radical (unpaired) electrons. The third-order valence-corrected chi connectivity index (χ3v) is 4.27. The second-order valence-corrected chi connectivity index (χ2v) is 6.09. The Balaban J connectivity index is 0.00000220. The maximum absolute atomic E-state index is 11.7. The molecule has 0 saturated carbocycles. The van der Waals surface area contributed by atoms with Gasteiger partial charge in [-0.2, -0.15) is 0 Å². The Morgan fingerprint density at radius 3 is 2.73 bits per heavy atom. The summed E-state index contributed by atoms with van der Waals surface area (Å²) in [6.07, 6.45) is 5.33. The third-order valence-electron chi connectivity index (χ3n) is 3.46. The van der Waals surface area contributed by atoms with E-state index in [1.54, 1.807) is 0 Å². The molecule has 0 atom stereocenters. The molecule has 0 unspecified atom stereocenters. The van der Waals surface area contributed by atoms with Gasteiger partial charge in [-0.1, -0.05) is 6.42 Å². The summed E-state index contributed by atoms with van der Waals surface area (Å²) in [4.78, 5) is 18.6. The number of nitrogens with one attached hydrogen (secondary N) is 2. The van der Waals surface area contributed by atoms with E-state index in [9.17, 15) is 4.79 Å². The topological polar surface area (TPSA) is 57.3 Å². The van der Waals surface area contributed by atoms with Crippen LogP contribution in [0.15, 0.2) is 5.38 Å². The van der Waals surface area contributed by atoms with Crippen molar-refractivity contribution in [2.24, 2.45) is 0 Å². The molecule has 1 saturated heterocycles. The molecule has 1 amide bonds. The molecule has 1 aliphatic heterocycles. The van der Waals surface area contributed by atoms with Gasteiger partial charge in [0.15, 0.2) is 5.13 Å². The molecule has 2 rings (SSSR count). The molecular formula is C14H26Cl2N4OS. The lowest BCUT2D eigenvalue weighted by molar-refractivity contribution is -0.116. The number of rotatable bonds is 7. The molecule has 0 aromatic carbocycles. The van der Waals surface area contributed by atoms with Crippen molar-refractivity contribution >= 4 is 47.2 Å². The lowest BCUT2D eigenvalue weighted by Crippen LogP contribution is -2.29. The van der Waals surface area contributed by atoms with Crippen LogP contribution in [0.3, 0.4) is 0 Å². The average molecular weight is 369 g/mol. The van der Waals surface area contributed by atoms with Crippen LogP contribution in [0, 0.1) is 0 Å². The first-order valence-corrected chi connectivity index (χ1v) is 8.27. The highest BCUT2D eigenvalue weighted by Gasteiger charge is 2.13. The Hall–Kier alpha value is -0.400. The van der Waals surface area contributed by atoms with Crippen LogP contribution < -0.4 is 10.6 Å². The van der Waals surface area contributed by atoms with Gasteiger partial charge in [-0.3, -0.25) is 9.69 Å². The van der Waals surface area contributed by atoms with Crippen LogP contribution in [-0.4, -0.2) is 42.5 Å². The lowest BCUT2D eigenvalue weighted by Gasteiger charge is -2.25. The number of hydrogen-bond donors (Lipinski definition) is 2. The summed E-state index contributed by atoms with van der Waals surface area (Å²) < 4.78 is 0. The van der Waals surface area contributed by atoms with Crippen LogP contribution in [-0.2, 0) is 11.3 Å². The Kier molecular flexibility index (Phi) is 11.9. The van der Waals surface area contributed by atoms with E-state index in [2.05, 4.69) is 25.9 Å². The molecule has 1 fully saturated rings. The predicted octanol–water partition coefficient (Wildman–Crippen LogP) is 2.91. The van der Waals surface area contributed by atoms with E-state index in [1.165, 1.54) is 43.7 Å². The standard InChI is InChI=1S/C14H24N4OS.2ClH/c1-15-7-5-6-13(19)17-14-16-12(11-20-14)10-18-8-3-2-4-9-18;;/h11,15H,2-10H2,1H3,(H,16,17,19);2*1H. The van der Waals surface area contributed by atoms with Crippen molar-refractivity contribution in [3.05, 3.63) is 11.1 Å². The Labute approximate surface area is 149 Å². The van der Waals surface area contributed by atoms with Crippen molar-refractivity contribution in [1.82, 2.24) is 15.2 Å². The first kappa shape index (κ1) is 21.6. The lowest BCUT2D eigenvalue weighted by atomic mass is 10.1. The molecule has 128 valence electrons. The first-order chi connectivity index (χ1) is 9.78. The number of amides is 1. The number of likely N-dealkylation sites (tertiary alicyclic amines) is 1. The molecule has 5 nitrogen and oxygen atoms in total. The quantitative estimate of drug-likeness (QED) is 0.726. The highest BCUT2D eigenvalue weighted by molar-refractivity contribution is 7.13. The van der Waals surface area contributed by atoms with E-state index >= 15 is 0 Å². The summed E-state index contributed by atoms with van der Waals surface area (Å²) in [6.45, 7) is 4.12. The van der Waals surface area contributed by atoms with Crippen LogP contribution in [0.1, 0.15) is 37.8 Å². The van der Waals surface area contributed by atoms with Gasteiger partial charge in [0.05, 0.1) is 5.69 Å². The van der Waals surface area contributed by atoms with Gasteiger partial charge in [-0.15, -0.1) is 36.2 Å². The zero-order valence-corrected chi connectivity index (χ0v) is 15.4. The summed E-state index contributed by atoms with van der Waals surface area (Å²) in [7, 11) is 1.89. The molecule has 8 heteroatoms.